The van der Waals surface area contributed by atoms with Gasteiger partial charge in [0.1, 0.15) is 5.56 Å². The highest BCUT2D eigenvalue weighted by atomic mass is 35.5. The third-order valence-electron chi connectivity index (χ3n) is 3.40. The van der Waals surface area contributed by atoms with Crippen LogP contribution in [-0.4, -0.2) is 34.9 Å². The number of carbonyl (C=O) groups excluding carboxylic acids is 1. The fourth-order valence-electron chi connectivity index (χ4n) is 2.44. The Bertz CT molecular complexity index is 522. The van der Waals surface area contributed by atoms with E-state index in [-0.39, 0.29) is 35.6 Å². The first-order valence-electron chi connectivity index (χ1n) is 6.29. The van der Waals surface area contributed by atoms with Crippen LogP contribution in [0, 0.1) is 17.0 Å². The number of likely N-dealkylation sites (tertiary alicyclic amines) is 1. The number of benzene rings is 1. The quantitative estimate of drug-likeness (QED) is 0.667. The first kappa shape index (κ1) is 16.4. The monoisotopic (exact) mass is 299 g/mol. The van der Waals surface area contributed by atoms with Crippen molar-refractivity contribution in [2.75, 3.05) is 13.1 Å². The normalized spacial score (nSPS) is 18.3. The lowest BCUT2D eigenvalue weighted by molar-refractivity contribution is -0.385. The molecule has 1 aliphatic heterocycles. The second-order valence-corrected chi connectivity index (χ2v) is 4.88. The van der Waals surface area contributed by atoms with Gasteiger partial charge in [0.25, 0.3) is 11.6 Å². The number of para-hydroxylation sites is 1. The summed E-state index contributed by atoms with van der Waals surface area (Å²) in [5.41, 5.74) is 6.39. The molecule has 7 heteroatoms. The molecule has 1 fully saturated rings. The van der Waals surface area contributed by atoms with Gasteiger partial charge < -0.3 is 10.6 Å². The first-order valence-corrected chi connectivity index (χ1v) is 6.29. The number of hydrogen-bond acceptors (Lipinski definition) is 4. The van der Waals surface area contributed by atoms with Gasteiger partial charge in [0.05, 0.1) is 4.92 Å². The fraction of sp³-hybridized carbons (Fsp3) is 0.462. The molecule has 1 atom stereocenters. The van der Waals surface area contributed by atoms with Crippen LogP contribution in [0.3, 0.4) is 0 Å². The zero-order valence-electron chi connectivity index (χ0n) is 11.2. The van der Waals surface area contributed by atoms with E-state index in [2.05, 4.69) is 0 Å². The van der Waals surface area contributed by atoms with Crippen molar-refractivity contribution in [1.29, 1.82) is 0 Å². The summed E-state index contributed by atoms with van der Waals surface area (Å²) in [6, 6.07) is 4.77. The number of carbonyl (C=O) groups is 1. The van der Waals surface area contributed by atoms with Crippen LogP contribution in [-0.2, 0) is 0 Å². The van der Waals surface area contributed by atoms with E-state index in [1.807, 2.05) is 0 Å². The van der Waals surface area contributed by atoms with Gasteiger partial charge in [-0.25, -0.2) is 0 Å². The van der Waals surface area contributed by atoms with Crippen LogP contribution in [0.5, 0.6) is 0 Å². The van der Waals surface area contributed by atoms with E-state index in [9.17, 15) is 14.9 Å². The molecule has 1 aromatic carbocycles. The van der Waals surface area contributed by atoms with Crippen molar-refractivity contribution < 1.29 is 9.72 Å². The highest BCUT2D eigenvalue weighted by molar-refractivity contribution is 5.98. The van der Waals surface area contributed by atoms with Crippen molar-refractivity contribution in [1.82, 2.24) is 4.90 Å². The maximum absolute atomic E-state index is 12.4. The van der Waals surface area contributed by atoms with Gasteiger partial charge in [0.15, 0.2) is 0 Å². The van der Waals surface area contributed by atoms with Gasteiger partial charge in [-0.2, -0.15) is 0 Å². The first-order chi connectivity index (χ1) is 9.00. The smallest absolute Gasteiger partial charge is 0.285 e. The third kappa shape index (κ3) is 3.26. The number of rotatable bonds is 2. The number of nitro benzene ring substituents is 1. The average Bonchev–Trinajstić information content (AvgIpc) is 2.37. The molecule has 1 heterocycles. The number of nitrogens with two attached hydrogens (primary N) is 1. The minimum atomic E-state index is -0.494. The van der Waals surface area contributed by atoms with Crippen LogP contribution in [0.4, 0.5) is 5.69 Å². The average molecular weight is 300 g/mol. The summed E-state index contributed by atoms with van der Waals surface area (Å²) in [5, 5.41) is 11.1. The molecular formula is C13H18ClN3O3. The van der Waals surface area contributed by atoms with Crippen LogP contribution in [0.15, 0.2) is 18.2 Å². The molecule has 0 saturated carbocycles. The molecule has 20 heavy (non-hydrogen) atoms. The van der Waals surface area contributed by atoms with Crippen molar-refractivity contribution in [3.63, 3.8) is 0 Å². The number of piperidine rings is 1. The van der Waals surface area contributed by atoms with Crippen LogP contribution < -0.4 is 5.73 Å². The molecule has 2 N–H and O–H groups in total. The molecular weight excluding hydrogens is 282 g/mol. The van der Waals surface area contributed by atoms with Gasteiger partial charge in [0.2, 0.25) is 0 Å². The Hall–Kier alpha value is -1.66. The van der Waals surface area contributed by atoms with Crippen molar-refractivity contribution >= 4 is 24.0 Å². The molecule has 1 amide bonds. The Kier molecular flexibility index (Phi) is 5.47. The second-order valence-electron chi connectivity index (χ2n) is 4.88. The van der Waals surface area contributed by atoms with Gasteiger partial charge >= 0.3 is 0 Å². The van der Waals surface area contributed by atoms with Crippen LogP contribution in [0.1, 0.15) is 28.8 Å². The highest BCUT2D eigenvalue weighted by Gasteiger charge is 2.28. The maximum atomic E-state index is 12.4. The molecule has 0 unspecified atom stereocenters. The van der Waals surface area contributed by atoms with Crippen LogP contribution in [0.25, 0.3) is 0 Å². The summed E-state index contributed by atoms with van der Waals surface area (Å²) in [4.78, 5) is 24.6. The maximum Gasteiger partial charge on any atom is 0.285 e. The molecule has 0 aliphatic carbocycles. The van der Waals surface area contributed by atoms with Crippen molar-refractivity contribution in [3.8, 4) is 0 Å². The molecule has 1 aliphatic rings. The molecule has 0 radical (unpaired) electrons. The van der Waals surface area contributed by atoms with E-state index in [1.165, 1.54) is 6.07 Å². The van der Waals surface area contributed by atoms with E-state index in [0.29, 0.717) is 18.7 Å². The highest BCUT2D eigenvalue weighted by Crippen LogP contribution is 2.25. The SMILES string of the molecule is Cc1cccc(C(=O)N2CCC[C@@H](N)C2)c1[N+](=O)[O-].Cl. The summed E-state index contributed by atoms with van der Waals surface area (Å²) >= 11 is 0. The molecule has 6 nitrogen and oxygen atoms in total. The van der Waals surface area contributed by atoms with E-state index in [0.717, 1.165) is 12.8 Å². The molecule has 1 aromatic rings. The number of nitrogens with zero attached hydrogens (tertiary/aromatic N) is 2. The second kappa shape index (κ2) is 6.67. The Morgan fingerprint density at radius 1 is 1.50 bits per heavy atom. The molecule has 1 saturated heterocycles. The van der Waals surface area contributed by atoms with E-state index < -0.39 is 4.92 Å². The number of nitro groups is 1. The van der Waals surface area contributed by atoms with Crippen LogP contribution >= 0.6 is 12.4 Å². The lowest BCUT2D eigenvalue weighted by Crippen LogP contribution is -2.45. The Balaban J connectivity index is 0.00000200. The summed E-state index contributed by atoms with van der Waals surface area (Å²) in [5.74, 6) is -0.300. The van der Waals surface area contributed by atoms with Crippen molar-refractivity contribution in [2.24, 2.45) is 5.73 Å². The van der Waals surface area contributed by atoms with Gasteiger partial charge in [0, 0.05) is 24.7 Å². The van der Waals surface area contributed by atoms with E-state index in [4.69, 9.17) is 5.73 Å². The van der Waals surface area contributed by atoms with E-state index in [1.54, 1.807) is 24.0 Å². The lowest BCUT2D eigenvalue weighted by Gasteiger charge is -2.30. The number of aryl methyl sites for hydroxylation is 1. The Morgan fingerprint density at radius 2 is 2.20 bits per heavy atom. The minimum absolute atomic E-state index is 0. The molecule has 2 rings (SSSR count). The van der Waals surface area contributed by atoms with Crippen molar-refractivity contribution in [2.45, 2.75) is 25.8 Å². The molecule has 0 bridgehead atoms. The Morgan fingerprint density at radius 3 is 2.80 bits per heavy atom. The van der Waals surface area contributed by atoms with Gasteiger partial charge in [-0.05, 0) is 25.8 Å². The number of halogens is 1. The Labute approximate surface area is 123 Å². The lowest BCUT2D eigenvalue weighted by atomic mass is 10.0. The van der Waals surface area contributed by atoms with E-state index >= 15 is 0 Å². The van der Waals surface area contributed by atoms with Gasteiger partial charge in [-0.15, -0.1) is 12.4 Å². The molecule has 110 valence electrons. The fourth-order valence-corrected chi connectivity index (χ4v) is 2.44. The number of amides is 1. The zero-order valence-corrected chi connectivity index (χ0v) is 12.1. The topological polar surface area (TPSA) is 89.5 Å². The molecule has 0 spiro atoms. The summed E-state index contributed by atoms with van der Waals surface area (Å²) in [6.45, 7) is 2.71. The standard InChI is InChI=1S/C13H17N3O3.ClH/c1-9-4-2-6-11(12(9)16(18)19)13(17)15-7-3-5-10(14)8-15;/h2,4,6,10H,3,5,7-8,14H2,1H3;1H/t10-;/m1./s1. The minimum Gasteiger partial charge on any atom is -0.337 e. The predicted octanol–water partition coefficient (Wildman–Crippen LogP) is 1.89. The van der Waals surface area contributed by atoms with Crippen LogP contribution in [0.2, 0.25) is 0 Å². The molecule has 0 aromatic heterocycles. The number of hydrogen-bond donors (Lipinski definition) is 1. The zero-order chi connectivity index (χ0) is 14.0. The predicted molar refractivity (Wildman–Crippen MR) is 78.2 cm³/mol. The van der Waals surface area contributed by atoms with Crippen molar-refractivity contribution in [3.05, 3.63) is 39.4 Å². The summed E-state index contributed by atoms with van der Waals surface area (Å²) in [6.07, 6.45) is 1.73. The third-order valence-corrected chi connectivity index (χ3v) is 3.40. The van der Waals surface area contributed by atoms with Gasteiger partial charge in [-0.1, -0.05) is 12.1 Å². The largest absolute Gasteiger partial charge is 0.337 e. The summed E-state index contributed by atoms with van der Waals surface area (Å²) in [7, 11) is 0. The summed E-state index contributed by atoms with van der Waals surface area (Å²) < 4.78 is 0. The van der Waals surface area contributed by atoms with Gasteiger partial charge in [-0.3, -0.25) is 14.9 Å².